The summed E-state index contributed by atoms with van der Waals surface area (Å²) in [6.45, 7) is -0.0250. The van der Waals surface area contributed by atoms with Crippen molar-refractivity contribution in [2.45, 2.75) is 18.9 Å². The van der Waals surface area contributed by atoms with Crippen LogP contribution in [0.4, 0.5) is 0 Å². The van der Waals surface area contributed by atoms with E-state index in [1.54, 1.807) is 67.9 Å². The SMILES string of the molecule is COc1ccc(C(CC(=O)NCc2nc(-c3ccco3)no2)c2c(O)nc3ccccn3c2=O)cc1. The molecule has 182 valence electrons. The van der Waals surface area contributed by atoms with Crippen LogP contribution in [0.5, 0.6) is 11.6 Å². The molecule has 1 atom stereocenters. The number of nitrogens with zero attached hydrogens (tertiary/aromatic N) is 4. The maximum absolute atomic E-state index is 13.3. The lowest BCUT2D eigenvalue weighted by molar-refractivity contribution is -0.121. The van der Waals surface area contributed by atoms with Gasteiger partial charge in [-0.3, -0.25) is 14.0 Å². The zero-order valence-corrected chi connectivity index (χ0v) is 19.1. The first-order valence-electron chi connectivity index (χ1n) is 11.0. The zero-order valence-electron chi connectivity index (χ0n) is 19.1. The van der Waals surface area contributed by atoms with Gasteiger partial charge >= 0.3 is 0 Å². The van der Waals surface area contributed by atoms with E-state index < -0.39 is 23.3 Å². The Morgan fingerprint density at radius 1 is 1.14 bits per heavy atom. The van der Waals surface area contributed by atoms with Crippen LogP contribution in [0.25, 0.3) is 17.2 Å². The average Bonchev–Trinajstić information content (AvgIpc) is 3.59. The second-order valence-electron chi connectivity index (χ2n) is 7.88. The van der Waals surface area contributed by atoms with Crippen molar-refractivity contribution in [3.05, 3.63) is 94.4 Å². The Morgan fingerprint density at radius 3 is 2.72 bits per heavy atom. The predicted octanol–water partition coefficient (Wildman–Crippen LogP) is 2.89. The van der Waals surface area contributed by atoms with Gasteiger partial charge < -0.3 is 24.1 Å². The predicted molar refractivity (Wildman–Crippen MR) is 126 cm³/mol. The van der Waals surface area contributed by atoms with Crippen molar-refractivity contribution in [1.82, 2.24) is 24.8 Å². The minimum atomic E-state index is -0.783. The van der Waals surface area contributed by atoms with Crippen LogP contribution in [-0.4, -0.2) is 37.6 Å². The molecular weight excluding hydrogens is 466 g/mol. The maximum atomic E-state index is 13.3. The molecule has 5 rings (SSSR count). The summed E-state index contributed by atoms with van der Waals surface area (Å²) in [5, 5.41) is 17.3. The van der Waals surface area contributed by atoms with Crippen molar-refractivity contribution in [2.75, 3.05) is 7.11 Å². The van der Waals surface area contributed by atoms with Gasteiger partial charge in [0, 0.05) is 18.5 Å². The summed E-state index contributed by atoms with van der Waals surface area (Å²) in [5.74, 6) is -0.106. The van der Waals surface area contributed by atoms with Crippen LogP contribution in [-0.2, 0) is 11.3 Å². The summed E-state index contributed by atoms with van der Waals surface area (Å²) in [6.07, 6.45) is 2.91. The van der Waals surface area contributed by atoms with Crippen molar-refractivity contribution in [3.63, 3.8) is 0 Å². The number of furan rings is 1. The molecule has 11 heteroatoms. The van der Waals surface area contributed by atoms with Crippen LogP contribution in [0.2, 0.25) is 0 Å². The third kappa shape index (κ3) is 4.53. The summed E-state index contributed by atoms with van der Waals surface area (Å²) >= 11 is 0. The standard InChI is InChI=1S/C25H21N5O6/c1-34-16-9-7-15(8-10-16)17(22-24(32)27-19-6-2-3-11-30(19)25(22)33)13-20(31)26-14-21-28-23(29-36-21)18-5-4-12-35-18/h2-12,17,32H,13-14H2,1H3,(H,26,31). The molecule has 1 unspecified atom stereocenters. The average molecular weight is 487 g/mol. The summed E-state index contributed by atoms with van der Waals surface area (Å²) in [7, 11) is 1.54. The topological polar surface area (TPSA) is 145 Å². The molecule has 4 heterocycles. The molecule has 36 heavy (non-hydrogen) atoms. The van der Waals surface area contributed by atoms with Gasteiger partial charge in [0.15, 0.2) is 5.76 Å². The number of aromatic hydroxyl groups is 1. The molecule has 0 aliphatic heterocycles. The van der Waals surface area contributed by atoms with E-state index >= 15 is 0 Å². The van der Waals surface area contributed by atoms with Crippen LogP contribution in [0.1, 0.15) is 29.4 Å². The molecular formula is C25H21N5O6. The fourth-order valence-electron chi connectivity index (χ4n) is 3.88. The lowest BCUT2D eigenvalue weighted by Crippen LogP contribution is -2.28. The number of methoxy groups -OCH3 is 1. The number of carbonyl (C=O) groups excluding carboxylic acids is 1. The van der Waals surface area contributed by atoms with Crippen LogP contribution >= 0.6 is 0 Å². The van der Waals surface area contributed by atoms with Crippen molar-refractivity contribution in [3.8, 4) is 23.2 Å². The maximum Gasteiger partial charge on any atom is 0.265 e. The number of benzene rings is 1. The smallest absolute Gasteiger partial charge is 0.265 e. The van der Waals surface area contributed by atoms with Gasteiger partial charge in [-0.05, 0) is 42.0 Å². The molecule has 4 aromatic heterocycles. The van der Waals surface area contributed by atoms with Gasteiger partial charge in [-0.2, -0.15) is 9.97 Å². The van der Waals surface area contributed by atoms with Crippen molar-refractivity contribution in [2.24, 2.45) is 0 Å². The summed E-state index contributed by atoms with van der Waals surface area (Å²) in [4.78, 5) is 34.7. The number of hydrogen-bond acceptors (Lipinski definition) is 9. The highest BCUT2D eigenvalue weighted by Gasteiger charge is 2.27. The first-order valence-corrected chi connectivity index (χ1v) is 11.0. The zero-order chi connectivity index (χ0) is 25.1. The number of ether oxygens (including phenoxy) is 1. The lowest BCUT2D eigenvalue weighted by Gasteiger charge is -2.18. The number of aromatic nitrogens is 4. The normalized spacial score (nSPS) is 11.9. The number of pyridine rings is 1. The van der Waals surface area contributed by atoms with Crippen molar-refractivity contribution < 1.29 is 23.6 Å². The Bertz CT molecular complexity index is 1560. The summed E-state index contributed by atoms with van der Waals surface area (Å²) in [5.41, 5.74) is 0.475. The van der Waals surface area contributed by atoms with Gasteiger partial charge in [-0.25, -0.2) is 0 Å². The molecule has 11 nitrogen and oxygen atoms in total. The number of hydrogen-bond donors (Lipinski definition) is 2. The van der Waals surface area contributed by atoms with E-state index in [2.05, 4.69) is 20.4 Å². The fraction of sp³-hybridized carbons (Fsp3) is 0.160. The van der Waals surface area contributed by atoms with Gasteiger partial charge in [0.1, 0.15) is 11.4 Å². The van der Waals surface area contributed by atoms with E-state index in [4.69, 9.17) is 13.7 Å². The Morgan fingerprint density at radius 2 is 1.97 bits per heavy atom. The molecule has 0 saturated carbocycles. The number of fused-ring (bicyclic) bond motifs is 1. The van der Waals surface area contributed by atoms with Gasteiger partial charge in [0.2, 0.25) is 23.5 Å². The first-order chi connectivity index (χ1) is 17.5. The third-order valence-electron chi connectivity index (χ3n) is 5.65. The molecule has 0 saturated heterocycles. The number of nitrogens with one attached hydrogen (secondary N) is 1. The van der Waals surface area contributed by atoms with Crippen LogP contribution in [0.3, 0.4) is 0 Å². The minimum Gasteiger partial charge on any atom is -0.497 e. The van der Waals surface area contributed by atoms with E-state index in [9.17, 15) is 14.7 Å². The molecule has 2 N–H and O–H groups in total. The molecule has 5 aromatic rings. The molecule has 0 fully saturated rings. The van der Waals surface area contributed by atoms with Gasteiger partial charge in [-0.1, -0.05) is 23.4 Å². The van der Waals surface area contributed by atoms with Crippen molar-refractivity contribution >= 4 is 11.6 Å². The van der Waals surface area contributed by atoms with E-state index in [0.29, 0.717) is 22.7 Å². The van der Waals surface area contributed by atoms with Gasteiger partial charge in [0.05, 0.1) is 25.5 Å². The molecule has 1 amide bonds. The van der Waals surface area contributed by atoms with E-state index in [1.165, 1.54) is 10.7 Å². The van der Waals surface area contributed by atoms with E-state index in [0.717, 1.165) is 0 Å². The van der Waals surface area contributed by atoms with Crippen LogP contribution in [0, 0.1) is 0 Å². The van der Waals surface area contributed by atoms with Gasteiger partial charge in [-0.15, -0.1) is 0 Å². The summed E-state index contributed by atoms with van der Waals surface area (Å²) < 4.78 is 17.0. The monoisotopic (exact) mass is 487 g/mol. The third-order valence-corrected chi connectivity index (χ3v) is 5.65. The highest BCUT2D eigenvalue weighted by molar-refractivity contribution is 5.77. The quantitative estimate of drug-likeness (QED) is 0.337. The molecule has 0 aliphatic carbocycles. The first kappa shape index (κ1) is 22.8. The Balaban J connectivity index is 1.42. The molecule has 0 spiro atoms. The molecule has 0 radical (unpaired) electrons. The number of amides is 1. The lowest BCUT2D eigenvalue weighted by atomic mass is 9.89. The number of rotatable bonds is 8. The molecule has 0 bridgehead atoms. The van der Waals surface area contributed by atoms with Crippen molar-refractivity contribution in [1.29, 1.82) is 0 Å². The minimum absolute atomic E-state index is 0.0110. The highest BCUT2D eigenvalue weighted by atomic mass is 16.5. The molecule has 1 aromatic carbocycles. The highest BCUT2D eigenvalue weighted by Crippen LogP contribution is 2.32. The second kappa shape index (κ2) is 9.74. The number of carbonyl (C=O) groups is 1. The largest absolute Gasteiger partial charge is 0.497 e. The fourth-order valence-corrected chi connectivity index (χ4v) is 3.88. The Hall–Kier alpha value is -4.93. The molecule has 0 aliphatic rings. The van der Waals surface area contributed by atoms with Crippen LogP contribution in [0.15, 0.2) is 80.8 Å². The van der Waals surface area contributed by atoms with E-state index in [1.807, 2.05) is 0 Å². The van der Waals surface area contributed by atoms with Gasteiger partial charge in [0.25, 0.3) is 5.56 Å². The second-order valence-corrected chi connectivity index (χ2v) is 7.88. The Labute approximate surface area is 204 Å². The van der Waals surface area contributed by atoms with E-state index in [-0.39, 0.29) is 30.2 Å². The Kier molecular flexibility index (Phi) is 6.18. The van der Waals surface area contributed by atoms with Crippen LogP contribution < -0.4 is 15.6 Å². The summed E-state index contributed by atoms with van der Waals surface area (Å²) in [6, 6.07) is 15.3.